The summed E-state index contributed by atoms with van der Waals surface area (Å²) < 4.78 is 5.90. The normalized spacial score (nSPS) is 12.5. The van der Waals surface area contributed by atoms with Crippen molar-refractivity contribution < 1.29 is 9.53 Å². The van der Waals surface area contributed by atoms with Gasteiger partial charge >= 0.3 is 0 Å². The van der Waals surface area contributed by atoms with Crippen LogP contribution in [0.2, 0.25) is 0 Å². The molecular formula is C21H27NO2S. The molecule has 0 aliphatic carbocycles. The predicted molar refractivity (Wildman–Crippen MR) is 107 cm³/mol. The number of thioether (sulfide) groups is 1. The van der Waals surface area contributed by atoms with E-state index in [0.717, 1.165) is 10.6 Å². The zero-order chi connectivity index (χ0) is 18.4. The average Bonchev–Trinajstić information content (AvgIpc) is 2.59. The molecule has 0 heterocycles. The molecule has 4 heteroatoms. The fraction of sp³-hybridized carbons (Fsp3) is 0.381. The fourth-order valence-corrected chi connectivity index (χ4v) is 2.90. The molecule has 2 aromatic rings. The Morgan fingerprint density at radius 3 is 2.40 bits per heavy atom. The van der Waals surface area contributed by atoms with E-state index in [4.69, 9.17) is 4.74 Å². The Kier molecular flexibility index (Phi) is 6.54. The maximum Gasteiger partial charge on any atom is 0.265 e. The van der Waals surface area contributed by atoms with Crippen LogP contribution in [-0.2, 0) is 10.2 Å². The van der Waals surface area contributed by atoms with Crippen LogP contribution >= 0.6 is 11.8 Å². The van der Waals surface area contributed by atoms with Gasteiger partial charge in [0.2, 0.25) is 0 Å². The van der Waals surface area contributed by atoms with E-state index in [2.05, 4.69) is 38.2 Å². The van der Waals surface area contributed by atoms with Crippen LogP contribution in [0, 0.1) is 0 Å². The van der Waals surface area contributed by atoms with Gasteiger partial charge in [-0.25, -0.2) is 0 Å². The third kappa shape index (κ3) is 5.53. The highest BCUT2D eigenvalue weighted by molar-refractivity contribution is 7.98. The van der Waals surface area contributed by atoms with E-state index >= 15 is 0 Å². The summed E-state index contributed by atoms with van der Waals surface area (Å²) in [6.45, 7) is 8.47. The molecule has 25 heavy (non-hydrogen) atoms. The predicted octanol–water partition coefficient (Wildman–Crippen LogP) is 5.50. The second-order valence-corrected chi connectivity index (χ2v) is 7.89. The van der Waals surface area contributed by atoms with Gasteiger partial charge in [-0.15, -0.1) is 11.8 Å². The lowest BCUT2D eigenvalue weighted by Crippen LogP contribution is -2.32. The van der Waals surface area contributed by atoms with E-state index in [-0.39, 0.29) is 11.3 Å². The molecule has 3 nitrogen and oxygen atoms in total. The van der Waals surface area contributed by atoms with Crippen LogP contribution in [0.4, 0.5) is 5.69 Å². The lowest BCUT2D eigenvalue weighted by Gasteiger charge is -2.21. The highest BCUT2D eigenvalue weighted by atomic mass is 32.2. The second kappa shape index (κ2) is 8.43. The molecule has 1 atom stereocenters. The smallest absolute Gasteiger partial charge is 0.265 e. The number of nitrogens with one attached hydrogen (secondary N) is 1. The first-order valence-electron chi connectivity index (χ1n) is 8.55. The Bertz CT molecular complexity index is 705. The van der Waals surface area contributed by atoms with Crippen LogP contribution < -0.4 is 10.1 Å². The van der Waals surface area contributed by atoms with E-state index in [0.29, 0.717) is 12.2 Å². The minimum atomic E-state index is -0.515. The van der Waals surface area contributed by atoms with Crippen molar-refractivity contribution in [2.75, 3.05) is 11.6 Å². The Morgan fingerprint density at radius 1 is 1.16 bits per heavy atom. The third-order valence-corrected chi connectivity index (χ3v) is 4.72. The second-order valence-electron chi connectivity index (χ2n) is 7.01. The van der Waals surface area contributed by atoms with Gasteiger partial charge in [0.05, 0.1) is 0 Å². The van der Waals surface area contributed by atoms with Gasteiger partial charge in [0.1, 0.15) is 5.75 Å². The van der Waals surface area contributed by atoms with Crippen LogP contribution in [0.3, 0.4) is 0 Å². The molecule has 0 spiro atoms. The van der Waals surface area contributed by atoms with Crippen LogP contribution in [0.5, 0.6) is 5.75 Å². The molecule has 0 saturated heterocycles. The first-order valence-corrected chi connectivity index (χ1v) is 9.78. The van der Waals surface area contributed by atoms with Gasteiger partial charge in [-0.2, -0.15) is 0 Å². The highest BCUT2D eigenvalue weighted by Crippen LogP contribution is 2.25. The van der Waals surface area contributed by atoms with Gasteiger partial charge in [0.25, 0.3) is 5.91 Å². The summed E-state index contributed by atoms with van der Waals surface area (Å²) in [7, 11) is 0. The highest BCUT2D eigenvalue weighted by Gasteiger charge is 2.19. The first-order chi connectivity index (χ1) is 11.8. The molecule has 0 bridgehead atoms. The van der Waals surface area contributed by atoms with Crippen molar-refractivity contribution in [2.24, 2.45) is 0 Å². The van der Waals surface area contributed by atoms with Crippen molar-refractivity contribution in [3.05, 3.63) is 54.1 Å². The Labute approximate surface area is 155 Å². The van der Waals surface area contributed by atoms with Crippen molar-refractivity contribution in [1.82, 2.24) is 0 Å². The number of carbonyl (C=O) groups excluding carboxylic acids is 1. The largest absolute Gasteiger partial charge is 0.481 e. The molecular weight excluding hydrogens is 330 g/mol. The maximum atomic E-state index is 12.5. The summed E-state index contributed by atoms with van der Waals surface area (Å²) in [4.78, 5) is 13.6. The first kappa shape index (κ1) is 19.4. The van der Waals surface area contributed by atoms with Crippen molar-refractivity contribution in [3.8, 4) is 5.75 Å². The zero-order valence-corrected chi connectivity index (χ0v) is 16.4. The van der Waals surface area contributed by atoms with E-state index in [1.165, 1.54) is 5.56 Å². The number of benzene rings is 2. The van der Waals surface area contributed by atoms with Gasteiger partial charge in [0.15, 0.2) is 6.10 Å². The number of hydrogen-bond donors (Lipinski definition) is 1. The summed E-state index contributed by atoms with van der Waals surface area (Å²) in [5, 5.41) is 2.95. The zero-order valence-electron chi connectivity index (χ0n) is 15.6. The molecule has 0 fully saturated rings. The molecule has 0 radical (unpaired) electrons. The standard InChI is InChI=1S/C21H27NO2S/c1-6-19(20(23)22-16-8-7-9-18(14-16)25-5)24-17-12-10-15(11-13-17)21(2,3)4/h7-14,19H,6H2,1-5H3,(H,22,23)/t19-/m0/s1. The number of rotatable bonds is 6. The molecule has 0 unspecified atom stereocenters. The lowest BCUT2D eigenvalue weighted by molar-refractivity contribution is -0.122. The third-order valence-electron chi connectivity index (χ3n) is 4.00. The minimum Gasteiger partial charge on any atom is -0.481 e. The van der Waals surface area contributed by atoms with Crippen LogP contribution in [0.1, 0.15) is 39.7 Å². The van der Waals surface area contributed by atoms with Gasteiger partial charge in [-0.1, -0.05) is 45.9 Å². The molecule has 0 saturated carbocycles. The number of hydrogen-bond acceptors (Lipinski definition) is 3. The van der Waals surface area contributed by atoms with E-state index in [1.54, 1.807) is 11.8 Å². The Morgan fingerprint density at radius 2 is 1.84 bits per heavy atom. The van der Waals surface area contributed by atoms with Crippen molar-refractivity contribution in [3.63, 3.8) is 0 Å². The maximum absolute atomic E-state index is 12.5. The molecule has 1 amide bonds. The number of amides is 1. The summed E-state index contributed by atoms with van der Waals surface area (Å²) in [6, 6.07) is 15.8. The van der Waals surface area contributed by atoms with Crippen LogP contribution in [0.25, 0.3) is 0 Å². The van der Waals surface area contributed by atoms with Crippen molar-refractivity contribution in [2.45, 2.75) is 50.5 Å². The number of ether oxygens (including phenoxy) is 1. The molecule has 1 N–H and O–H groups in total. The van der Waals surface area contributed by atoms with Crippen LogP contribution in [0.15, 0.2) is 53.4 Å². The monoisotopic (exact) mass is 357 g/mol. The Balaban J connectivity index is 2.04. The lowest BCUT2D eigenvalue weighted by atomic mass is 9.87. The molecule has 2 aromatic carbocycles. The molecule has 0 aliphatic heterocycles. The SMILES string of the molecule is CC[C@H](Oc1ccc(C(C)(C)C)cc1)C(=O)Nc1cccc(SC)c1. The number of anilines is 1. The summed E-state index contributed by atoms with van der Waals surface area (Å²) in [6.07, 6.45) is 2.10. The van der Waals surface area contributed by atoms with Gasteiger partial charge < -0.3 is 10.1 Å². The number of carbonyl (C=O) groups is 1. The Hall–Kier alpha value is -1.94. The van der Waals surface area contributed by atoms with E-state index in [1.807, 2.05) is 49.6 Å². The molecule has 0 aromatic heterocycles. The quantitative estimate of drug-likeness (QED) is 0.694. The minimum absolute atomic E-state index is 0.0996. The summed E-state index contributed by atoms with van der Waals surface area (Å²) in [5.41, 5.74) is 2.13. The van der Waals surface area contributed by atoms with Gasteiger partial charge in [-0.3, -0.25) is 4.79 Å². The van der Waals surface area contributed by atoms with E-state index < -0.39 is 6.10 Å². The van der Waals surface area contributed by atoms with Crippen molar-refractivity contribution in [1.29, 1.82) is 0 Å². The summed E-state index contributed by atoms with van der Waals surface area (Å²) >= 11 is 1.65. The van der Waals surface area contributed by atoms with Crippen molar-refractivity contribution >= 4 is 23.4 Å². The molecule has 134 valence electrons. The molecule has 2 rings (SSSR count). The van der Waals surface area contributed by atoms with Gasteiger partial charge in [-0.05, 0) is 54.0 Å². The van der Waals surface area contributed by atoms with Crippen LogP contribution in [-0.4, -0.2) is 18.3 Å². The summed E-state index contributed by atoms with van der Waals surface area (Å²) in [5.74, 6) is 0.591. The fourth-order valence-electron chi connectivity index (χ4n) is 2.44. The topological polar surface area (TPSA) is 38.3 Å². The average molecular weight is 358 g/mol. The van der Waals surface area contributed by atoms with Gasteiger partial charge in [0, 0.05) is 10.6 Å². The molecule has 0 aliphatic rings. The van der Waals surface area contributed by atoms with E-state index in [9.17, 15) is 4.79 Å².